The van der Waals surface area contributed by atoms with Crippen molar-refractivity contribution in [1.82, 2.24) is 0 Å². The van der Waals surface area contributed by atoms with Gasteiger partial charge in [0.2, 0.25) is 5.91 Å². The van der Waals surface area contributed by atoms with E-state index in [1.165, 1.54) is 0 Å². The molecule has 1 amide bonds. The summed E-state index contributed by atoms with van der Waals surface area (Å²) in [5.41, 5.74) is 2.61. The van der Waals surface area contributed by atoms with Crippen molar-refractivity contribution in [1.29, 1.82) is 0 Å². The normalized spacial score (nSPS) is 14.6. The van der Waals surface area contributed by atoms with Crippen LogP contribution in [0.15, 0.2) is 48.5 Å². The van der Waals surface area contributed by atoms with Crippen molar-refractivity contribution < 1.29 is 9.53 Å². The van der Waals surface area contributed by atoms with Crippen molar-refractivity contribution in [2.45, 2.75) is 6.42 Å². The molecule has 0 aliphatic carbocycles. The lowest BCUT2D eigenvalue weighted by molar-refractivity contribution is -0.115. The zero-order valence-electron chi connectivity index (χ0n) is 12.8. The molecule has 3 rings (SSSR count). The molecule has 1 aliphatic heterocycles. The highest BCUT2D eigenvalue weighted by Crippen LogP contribution is 2.34. The number of anilines is 2. The van der Waals surface area contributed by atoms with Crippen LogP contribution < -0.4 is 10.2 Å². The lowest BCUT2D eigenvalue weighted by atomic mass is 10.1. The molecule has 0 spiro atoms. The smallest absolute Gasteiger partial charge is 0.228 e. The largest absolute Gasteiger partial charge is 0.378 e. The maximum Gasteiger partial charge on any atom is 0.228 e. The Bertz CT molecular complexity index is 670. The second-order valence-corrected chi connectivity index (χ2v) is 5.85. The van der Waals surface area contributed by atoms with Gasteiger partial charge in [-0.1, -0.05) is 48.0 Å². The van der Waals surface area contributed by atoms with Gasteiger partial charge in [0.25, 0.3) is 0 Å². The van der Waals surface area contributed by atoms with Crippen LogP contribution in [-0.4, -0.2) is 32.2 Å². The van der Waals surface area contributed by atoms with Crippen molar-refractivity contribution in [2.24, 2.45) is 0 Å². The zero-order chi connectivity index (χ0) is 16.1. The molecule has 1 N–H and O–H groups in total. The summed E-state index contributed by atoms with van der Waals surface area (Å²) in [6, 6.07) is 15.3. The molecule has 1 heterocycles. The molecular formula is C18H19ClN2O2. The average molecular weight is 331 g/mol. The number of amides is 1. The lowest BCUT2D eigenvalue weighted by Crippen LogP contribution is -2.37. The molecule has 0 atom stereocenters. The number of nitrogens with zero attached hydrogens (tertiary/aromatic N) is 1. The molecule has 23 heavy (non-hydrogen) atoms. The Morgan fingerprint density at radius 3 is 2.57 bits per heavy atom. The quantitative estimate of drug-likeness (QED) is 0.934. The van der Waals surface area contributed by atoms with Crippen LogP contribution in [0, 0.1) is 0 Å². The Kier molecular flexibility index (Phi) is 5.16. The van der Waals surface area contributed by atoms with E-state index in [1.807, 2.05) is 48.5 Å². The minimum Gasteiger partial charge on any atom is -0.378 e. The van der Waals surface area contributed by atoms with Gasteiger partial charge in [0.15, 0.2) is 0 Å². The molecule has 1 fully saturated rings. The molecule has 5 heteroatoms. The first kappa shape index (κ1) is 15.8. The number of ether oxygens (including phenoxy) is 1. The number of morpholine rings is 1. The van der Waals surface area contributed by atoms with Gasteiger partial charge in [-0.2, -0.15) is 0 Å². The van der Waals surface area contributed by atoms with Gasteiger partial charge in [-0.3, -0.25) is 4.79 Å². The molecule has 1 saturated heterocycles. The summed E-state index contributed by atoms with van der Waals surface area (Å²) in [5, 5.41) is 3.63. The fraction of sp³-hybridized carbons (Fsp3) is 0.278. The van der Waals surface area contributed by atoms with Crippen LogP contribution in [0.1, 0.15) is 5.56 Å². The van der Waals surface area contributed by atoms with Crippen LogP contribution in [0.5, 0.6) is 0 Å². The van der Waals surface area contributed by atoms with Crippen LogP contribution in [0.3, 0.4) is 0 Å². The van der Waals surface area contributed by atoms with Gasteiger partial charge in [0.05, 0.1) is 36.0 Å². The third kappa shape index (κ3) is 4.03. The topological polar surface area (TPSA) is 41.6 Å². The van der Waals surface area contributed by atoms with E-state index < -0.39 is 0 Å². The minimum absolute atomic E-state index is 0.0482. The molecule has 2 aromatic rings. The van der Waals surface area contributed by atoms with E-state index in [1.54, 1.807) is 0 Å². The van der Waals surface area contributed by atoms with Crippen LogP contribution in [-0.2, 0) is 16.0 Å². The fourth-order valence-electron chi connectivity index (χ4n) is 2.70. The van der Waals surface area contributed by atoms with E-state index in [0.717, 1.165) is 30.0 Å². The van der Waals surface area contributed by atoms with E-state index in [-0.39, 0.29) is 5.91 Å². The number of halogens is 1. The molecule has 0 radical (unpaired) electrons. The van der Waals surface area contributed by atoms with Crippen LogP contribution in [0.4, 0.5) is 11.4 Å². The van der Waals surface area contributed by atoms with E-state index in [2.05, 4.69) is 10.2 Å². The standard InChI is InChI=1S/C18H19ClN2O2/c19-15-7-4-8-16(18(15)21-9-11-23-12-10-21)20-17(22)13-14-5-2-1-3-6-14/h1-8H,9-13H2,(H,20,22). The van der Waals surface area contributed by atoms with Gasteiger partial charge < -0.3 is 15.0 Å². The van der Waals surface area contributed by atoms with Gasteiger partial charge in [-0.15, -0.1) is 0 Å². The molecule has 1 aliphatic rings. The first-order valence-corrected chi connectivity index (χ1v) is 8.07. The summed E-state index contributed by atoms with van der Waals surface area (Å²) in [5.74, 6) is -0.0482. The second kappa shape index (κ2) is 7.49. The predicted octanol–water partition coefficient (Wildman–Crippen LogP) is 3.36. The van der Waals surface area contributed by atoms with Crippen molar-refractivity contribution in [3.05, 3.63) is 59.1 Å². The highest BCUT2D eigenvalue weighted by Gasteiger charge is 2.19. The SMILES string of the molecule is O=C(Cc1ccccc1)Nc1cccc(Cl)c1N1CCOCC1. The summed E-state index contributed by atoms with van der Waals surface area (Å²) >= 11 is 6.37. The van der Waals surface area contributed by atoms with Gasteiger partial charge >= 0.3 is 0 Å². The van der Waals surface area contributed by atoms with Crippen molar-refractivity contribution in [3.8, 4) is 0 Å². The molecular weight excluding hydrogens is 312 g/mol. The Labute approximate surface area is 141 Å². The second-order valence-electron chi connectivity index (χ2n) is 5.45. The Morgan fingerprint density at radius 1 is 1.09 bits per heavy atom. The number of hydrogen-bond acceptors (Lipinski definition) is 3. The van der Waals surface area contributed by atoms with Crippen molar-refractivity contribution in [2.75, 3.05) is 36.5 Å². The number of nitrogens with one attached hydrogen (secondary N) is 1. The predicted molar refractivity (Wildman–Crippen MR) is 93.3 cm³/mol. The summed E-state index contributed by atoms with van der Waals surface area (Å²) in [4.78, 5) is 14.5. The minimum atomic E-state index is -0.0482. The number of carbonyl (C=O) groups is 1. The summed E-state index contributed by atoms with van der Waals surface area (Å²) < 4.78 is 5.39. The third-order valence-electron chi connectivity index (χ3n) is 3.80. The number of benzene rings is 2. The van der Waals surface area contributed by atoms with E-state index >= 15 is 0 Å². The number of rotatable bonds is 4. The van der Waals surface area contributed by atoms with Gasteiger partial charge in [0, 0.05) is 13.1 Å². The highest BCUT2D eigenvalue weighted by molar-refractivity contribution is 6.34. The fourth-order valence-corrected chi connectivity index (χ4v) is 2.99. The molecule has 2 aromatic carbocycles. The first-order chi connectivity index (χ1) is 11.2. The third-order valence-corrected chi connectivity index (χ3v) is 4.10. The maximum absolute atomic E-state index is 12.3. The monoisotopic (exact) mass is 330 g/mol. The number of carbonyl (C=O) groups excluding carboxylic acids is 1. The Morgan fingerprint density at radius 2 is 1.83 bits per heavy atom. The van der Waals surface area contributed by atoms with Gasteiger partial charge in [-0.25, -0.2) is 0 Å². The van der Waals surface area contributed by atoms with E-state index in [0.29, 0.717) is 24.7 Å². The maximum atomic E-state index is 12.3. The molecule has 0 unspecified atom stereocenters. The average Bonchev–Trinajstić information content (AvgIpc) is 2.56. The first-order valence-electron chi connectivity index (χ1n) is 7.69. The van der Waals surface area contributed by atoms with Crippen molar-refractivity contribution >= 4 is 28.9 Å². The molecule has 0 aromatic heterocycles. The van der Waals surface area contributed by atoms with E-state index in [4.69, 9.17) is 16.3 Å². The number of para-hydroxylation sites is 1. The summed E-state index contributed by atoms with van der Waals surface area (Å²) in [6.07, 6.45) is 0.343. The van der Waals surface area contributed by atoms with Crippen LogP contribution in [0.2, 0.25) is 5.02 Å². The molecule has 0 bridgehead atoms. The molecule has 120 valence electrons. The Hall–Kier alpha value is -2.04. The summed E-state index contributed by atoms with van der Waals surface area (Å²) in [7, 11) is 0. The van der Waals surface area contributed by atoms with Crippen LogP contribution in [0.25, 0.3) is 0 Å². The number of hydrogen-bond donors (Lipinski definition) is 1. The van der Waals surface area contributed by atoms with Gasteiger partial charge in [-0.05, 0) is 17.7 Å². The van der Waals surface area contributed by atoms with Gasteiger partial charge in [0.1, 0.15) is 0 Å². The van der Waals surface area contributed by atoms with Crippen molar-refractivity contribution in [3.63, 3.8) is 0 Å². The van der Waals surface area contributed by atoms with E-state index in [9.17, 15) is 4.79 Å². The molecule has 0 saturated carbocycles. The summed E-state index contributed by atoms with van der Waals surface area (Å²) in [6.45, 7) is 2.88. The molecule has 4 nitrogen and oxygen atoms in total. The lowest BCUT2D eigenvalue weighted by Gasteiger charge is -2.31. The highest BCUT2D eigenvalue weighted by atomic mass is 35.5. The Balaban J connectivity index is 1.77. The zero-order valence-corrected chi connectivity index (χ0v) is 13.6. The van der Waals surface area contributed by atoms with Crippen LogP contribution >= 0.6 is 11.6 Å².